The fourth-order valence-electron chi connectivity index (χ4n) is 2.68. The van der Waals surface area contributed by atoms with E-state index in [9.17, 15) is 14.7 Å². The maximum atomic E-state index is 10.2. The zero-order chi connectivity index (χ0) is 25.6. The van der Waals surface area contributed by atoms with Crippen LogP contribution in [0.2, 0.25) is 0 Å². The van der Waals surface area contributed by atoms with E-state index in [0.29, 0.717) is 24.3 Å². The van der Waals surface area contributed by atoms with Gasteiger partial charge in [-0.3, -0.25) is 0 Å². The number of carboxylic acids is 2. The first-order chi connectivity index (χ1) is 16.1. The molecule has 2 aromatic rings. The van der Waals surface area contributed by atoms with Gasteiger partial charge in [-0.2, -0.15) is 5.26 Å². The molecule has 0 bridgehead atoms. The van der Waals surface area contributed by atoms with Crippen molar-refractivity contribution in [3.63, 3.8) is 0 Å². The van der Waals surface area contributed by atoms with Crippen molar-refractivity contribution in [3.05, 3.63) is 65.9 Å². The number of aliphatic hydroxyl groups excluding tert-OH is 1. The smallest absolute Gasteiger partial charge is 0.328 e. The van der Waals surface area contributed by atoms with Gasteiger partial charge in [0.25, 0.3) is 0 Å². The third-order valence-electron chi connectivity index (χ3n) is 4.29. The molecule has 0 aliphatic rings. The summed E-state index contributed by atoms with van der Waals surface area (Å²) in [5.74, 6) is -1.44. The summed E-state index contributed by atoms with van der Waals surface area (Å²) in [6.07, 6.45) is 2.77. The number of hydrogen-bond acceptors (Lipinski definition) is 8. The van der Waals surface area contributed by atoms with Crippen molar-refractivity contribution < 1.29 is 34.4 Å². The van der Waals surface area contributed by atoms with Gasteiger partial charge < -0.3 is 30.1 Å². The summed E-state index contributed by atoms with van der Waals surface area (Å²) < 4.78 is 10.6. The molecule has 0 fully saturated rings. The van der Waals surface area contributed by atoms with Crippen LogP contribution < -0.4 is 14.8 Å². The first-order valence-electron chi connectivity index (χ1n) is 10.2. The van der Waals surface area contributed by atoms with Crippen LogP contribution >= 0.6 is 0 Å². The molecular formula is C24H29N3O7. The highest BCUT2D eigenvalue weighted by molar-refractivity contribution is 5.89. The lowest BCUT2D eigenvalue weighted by Gasteiger charge is -2.28. The summed E-state index contributed by atoms with van der Waals surface area (Å²) in [6, 6.07) is 13.3. The Morgan fingerprint density at radius 1 is 1.18 bits per heavy atom. The Bertz CT molecular complexity index is 982. The van der Waals surface area contributed by atoms with Crippen LogP contribution in [0.25, 0.3) is 0 Å². The van der Waals surface area contributed by atoms with Gasteiger partial charge in [-0.15, -0.1) is 0 Å². The minimum absolute atomic E-state index is 0.0668. The third kappa shape index (κ3) is 11.6. The quantitative estimate of drug-likeness (QED) is 0.357. The Labute approximate surface area is 198 Å². The van der Waals surface area contributed by atoms with Crippen molar-refractivity contribution in [1.29, 1.82) is 5.26 Å². The van der Waals surface area contributed by atoms with Crippen molar-refractivity contribution in [1.82, 2.24) is 10.3 Å². The minimum atomic E-state index is -1.26. The van der Waals surface area contributed by atoms with Crippen LogP contribution in [0.4, 0.5) is 0 Å². The number of methoxy groups -OCH3 is 1. The topological polar surface area (TPSA) is 162 Å². The molecule has 0 amide bonds. The first-order valence-corrected chi connectivity index (χ1v) is 10.2. The normalized spacial score (nSPS) is 11.6. The molecule has 2 rings (SSSR count). The number of ether oxygens (including phenoxy) is 2. The van der Waals surface area contributed by atoms with E-state index in [1.165, 1.54) is 5.56 Å². The average molecular weight is 472 g/mol. The van der Waals surface area contributed by atoms with Gasteiger partial charge in [0, 0.05) is 30.4 Å². The molecule has 0 radical (unpaired) electrons. The number of benzene rings is 1. The summed E-state index contributed by atoms with van der Waals surface area (Å²) in [4.78, 5) is 23.1. The van der Waals surface area contributed by atoms with Crippen LogP contribution in [0, 0.1) is 11.3 Å². The predicted octanol–water partition coefficient (Wildman–Crippen LogP) is 2.02. The van der Waals surface area contributed by atoms with Crippen LogP contribution in [-0.2, 0) is 16.0 Å². The summed E-state index contributed by atoms with van der Waals surface area (Å²) >= 11 is 0. The molecule has 1 aromatic carbocycles. The Morgan fingerprint density at radius 2 is 1.79 bits per heavy atom. The highest BCUT2D eigenvalue weighted by atomic mass is 16.5. The van der Waals surface area contributed by atoms with Crippen LogP contribution in [0.5, 0.6) is 11.6 Å². The molecule has 0 unspecified atom stereocenters. The van der Waals surface area contributed by atoms with Gasteiger partial charge in [-0.05, 0) is 50.1 Å². The SMILES string of the molecule is COc1ccc(CC(C)(C)NC[C@H](O)COc2ncccc2C#N)cc1.O=C(O)/C=C\C(=O)O. The van der Waals surface area contributed by atoms with Gasteiger partial charge in [0.2, 0.25) is 5.88 Å². The number of β-amino-alcohol motifs (C(OH)–C–C–N with tert-alkyl or cyclic N) is 1. The van der Waals surface area contributed by atoms with E-state index in [1.807, 2.05) is 30.3 Å². The molecule has 0 spiro atoms. The van der Waals surface area contributed by atoms with Gasteiger partial charge >= 0.3 is 11.9 Å². The van der Waals surface area contributed by atoms with Crippen molar-refractivity contribution in [3.8, 4) is 17.7 Å². The molecule has 0 saturated heterocycles. The van der Waals surface area contributed by atoms with Gasteiger partial charge in [-0.1, -0.05) is 12.1 Å². The van der Waals surface area contributed by atoms with Gasteiger partial charge in [0.1, 0.15) is 30.1 Å². The Morgan fingerprint density at radius 3 is 2.32 bits per heavy atom. The monoisotopic (exact) mass is 471 g/mol. The Kier molecular flexibility index (Phi) is 11.8. The molecule has 1 heterocycles. The maximum Gasteiger partial charge on any atom is 0.328 e. The number of aliphatic hydroxyl groups is 1. The van der Waals surface area contributed by atoms with Crippen molar-refractivity contribution >= 4 is 11.9 Å². The number of nitrogens with one attached hydrogen (secondary N) is 1. The first kappa shape index (κ1) is 28.1. The van der Waals surface area contributed by atoms with E-state index in [-0.39, 0.29) is 18.0 Å². The molecule has 0 aliphatic carbocycles. The summed E-state index contributed by atoms with van der Waals surface area (Å²) in [5, 5.41) is 38.1. The van der Waals surface area contributed by atoms with Crippen molar-refractivity contribution in [2.45, 2.75) is 31.9 Å². The lowest BCUT2D eigenvalue weighted by atomic mass is 9.94. The number of nitriles is 1. The lowest BCUT2D eigenvalue weighted by Crippen LogP contribution is -2.46. The fourth-order valence-corrected chi connectivity index (χ4v) is 2.68. The van der Waals surface area contributed by atoms with Crippen LogP contribution in [0.1, 0.15) is 25.0 Å². The third-order valence-corrected chi connectivity index (χ3v) is 4.29. The molecule has 10 heteroatoms. The number of carboxylic acid groups (broad SMARTS) is 2. The number of rotatable bonds is 11. The second kappa shape index (κ2) is 14.3. The number of aromatic nitrogens is 1. The summed E-state index contributed by atoms with van der Waals surface area (Å²) in [7, 11) is 1.65. The predicted molar refractivity (Wildman–Crippen MR) is 124 cm³/mol. The average Bonchev–Trinajstić information content (AvgIpc) is 2.81. The Hall–Kier alpha value is -3.94. The van der Waals surface area contributed by atoms with E-state index >= 15 is 0 Å². The van der Waals surface area contributed by atoms with E-state index < -0.39 is 18.0 Å². The summed E-state index contributed by atoms with van der Waals surface area (Å²) in [5.41, 5.74) is 1.34. The number of nitrogens with zero attached hydrogens (tertiary/aromatic N) is 2. The van der Waals surface area contributed by atoms with Gasteiger partial charge in [0.05, 0.1) is 7.11 Å². The largest absolute Gasteiger partial charge is 0.497 e. The molecule has 4 N–H and O–H groups in total. The molecule has 0 aliphatic heterocycles. The van der Waals surface area contributed by atoms with E-state index in [2.05, 4.69) is 24.1 Å². The molecule has 0 saturated carbocycles. The van der Waals surface area contributed by atoms with Crippen molar-refractivity contribution in [2.24, 2.45) is 0 Å². The second-order valence-electron chi connectivity index (χ2n) is 7.73. The van der Waals surface area contributed by atoms with Crippen LogP contribution in [0.3, 0.4) is 0 Å². The van der Waals surface area contributed by atoms with E-state index in [0.717, 1.165) is 12.2 Å². The maximum absolute atomic E-state index is 10.2. The number of aliphatic carboxylic acids is 2. The molecule has 1 aromatic heterocycles. The highest BCUT2D eigenvalue weighted by Gasteiger charge is 2.20. The highest BCUT2D eigenvalue weighted by Crippen LogP contribution is 2.17. The second-order valence-corrected chi connectivity index (χ2v) is 7.73. The number of carbonyl (C=O) groups is 2. The van der Waals surface area contributed by atoms with E-state index in [4.69, 9.17) is 24.9 Å². The lowest BCUT2D eigenvalue weighted by molar-refractivity contribution is -0.134. The van der Waals surface area contributed by atoms with Gasteiger partial charge in [-0.25, -0.2) is 14.6 Å². The van der Waals surface area contributed by atoms with Crippen molar-refractivity contribution in [2.75, 3.05) is 20.3 Å². The standard InChI is InChI=1S/C20H25N3O3.C4H4O4/c1-20(2,11-15-6-8-18(25-3)9-7-15)23-13-17(24)14-26-19-16(12-21)5-4-10-22-19;5-3(6)1-2-4(7)8/h4-10,17,23-24H,11,13-14H2,1-3H3;1-2H,(H,5,6)(H,7,8)/b;2-1-/t17-;/m0./s1. The van der Waals surface area contributed by atoms with Crippen LogP contribution in [0.15, 0.2) is 54.7 Å². The fraction of sp³-hybridized carbons (Fsp3) is 0.333. The molecule has 1 atom stereocenters. The van der Waals surface area contributed by atoms with E-state index in [1.54, 1.807) is 25.4 Å². The minimum Gasteiger partial charge on any atom is -0.497 e. The zero-order valence-electron chi connectivity index (χ0n) is 19.3. The number of hydrogen-bond donors (Lipinski definition) is 4. The van der Waals surface area contributed by atoms with Gasteiger partial charge in [0.15, 0.2) is 0 Å². The molecule has 34 heavy (non-hydrogen) atoms. The van der Waals surface area contributed by atoms with Crippen LogP contribution in [-0.4, -0.2) is 64.1 Å². The Balaban J connectivity index is 0.000000620. The molecular weight excluding hydrogens is 442 g/mol. The molecule has 10 nitrogen and oxygen atoms in total. The zero-order valence-corrected chi connectivity index (χ0v) is 19.3. The number of pyridine rings is 1. The molecule has 182 valence electrons. The summed E-state index contributed by atoms with van der Waals surface area (Å²) in [6.45, 7) is 4.60.